The lowest BCUT2D eigenvalue weighted by molar-refractivity contribution is -0.137. The maximum atomic E-state index is 12.7. The molecule has 0 aromatic carbocycles. The SMILES string of the molecule is CC1(Nc2cc(C(F)(F)F)cc(N)n2)CCCOC1. The molecule has 1 unspecified atom stereocenters. The number of nitrogens with two attached hydrogens (primary N) is 1. The Bertz CT molecular complexity index is 456. The number of nitrogens with one attached hydrogen (secondary N) is 1. The van der Waals surface area contributed by atoms with Crippen LogP contribution < -0.4 is 11.1 Å². The fraction of sp³-hybridized carbons (Fsp3) is 0.583. The minimum absolute atomic E-state index is 0.125. The number of ether oxygens (including phenoxy) is 1. The highest BCUT2D eigenvalue weighted by Crippen LogP contribution is 2.32. The summed E-state index contributed by atoms with van der Waals surface area (Å²) < 4.78 is 43.4. The van der Waals surface area contributed by atoms with Crippen molar-refractivity contribution in [1.82, 2.24) is 4.98 Å². The topological polar surface area (TPSA) is 60.2 Å². The van der Waals surface area contributed by atoms with Crippen molar-refractivity contribution in [3.05, 3.63) is 17.7 Å². The predicted octanol–water partition coefficient (Wildman–Crippen LogP) is 2.66. The number of anilines is 2. The molecule has 1 saturated heterocycles. The summed E-state index contributed by atoms with van der Waals surface area (Å²) in [5.41, 5.74) is 4.20. The summed E-state index contributed by atoms with van der Waals surface area (Å²) in [5, 5.41) is 2.99. The normalized spacial score (nSPS) is 24.2. The second-order valence-electron chi connectivity index (χ2n) is 5.01. The van der Waals surface area contributed by atoms with Gasteiger partial charge in [-0.25, -0.2) is 4.98 Å². The number of halogens is 3. The number of hydrogen-bond donors (Lipinski definition) is 2. The second kappa shape index (κ2) is 4.88. The van der Waals surface area contributed by atoms with Crippen molar-refractivity contribution in [3.8, 4) is 0 Å². The first-order valence-corrected chi connectivity index (χ1v) is 5.99. The van der Waals surface area contributed by atoms with Crippen molar-refractivity contribution < 1.29 is 17.9 Å². The lowest BCUT2D eigenvalue weighted by atomic mass is 9.95. The zero-order chi connectivity index (χ0) is 14.1. The number of alkyl halides is 3. The number of rotatable bonds is 2. The third kappa shape index (κ3) is 3.50. The molecule has 0 bridgehead atoms. The highest BCUT2D eigenvalue weighted by molar-refractivity contribution is 5.48. The van der Waals surface area contributed by atoms with E-state index in [1.54, 1.807) is 0 Å². The minimum atomic E-state index is -4.43. The molecule has 1 aromatic rings. The Morgan fingerprint density at radius 3 is 2.74 bits per heavy atom. The lowest BCUT2D eigenvalue weighted by Gasteiger charge is -2.35. The fourth-order valence-electron chi connectivity index (χ4n) is 2.12. The van der Waals surface area contributed by atoms with Crippen molar-refractivity contribution in [2.75, 3.05) is 24.3 Å². The van der Waals surface area contributed by atoms with E-state index in [0.717, 1.165) is 25.0 Å². The molecule has 1 aromatic heterocycles. The van der Waals surface area contributed by atoms with Gasteiger partial charge < -0.3 is 15.8 Å². The summed E-state index contributed by atoms with van der Waals surface area (Å²) in [4.78, 5) is 3.90. The van der Waals surface area contributed by atoms with Gasteiger partial charge in [-0.1, -0.05) is 0 Å². The minimum Gasteiger partial charge on any atom is -0.384 e. The molecular formula is C12H16F3N3O. The van der Waals surface area contributed by atoms with Gasteiger partial charge in [-0.3, -0.25) is 0 Å². The molecule has 19 heavy (non-hydrogen) atoms. The number of nitrogen functional groups attached to an aromatic ring is 1. The number of hydrogen-bond acceptors (Lipinski definition) is 4. The summed E-state index contributed by atoms with van der Waals surface area (Å²) in [7, 11) is 0. The Morgan fingerprint density at radius 1 is 1.42 bits per heavy atom. The first kappa shape index (κ1) is 13.9. The first-order chi connectivity index (χ1) is 8.78. The smallest absolute Gasteiger partial charge is 0.384 e. The quantitative estimate of drug-likeness (QED) is 0.871. The predicted molar refractivity (Wildman–Crippen MR) is 65.7 cm³/mol. The van der Waals surface area contributed by atoms with Crippen LogP contribution in [-0.4, -0.2) is 23.7 Å². The molecule has 0 saturated carbocycles. The summed E-state index contributed by atoms with van der Waals surface area (Å²) in [6, 6.07) is 1.79. The Balaban J connectivity index is 2.22. The van der Waals surface area contributed by atoms with Crippen molar-refractivity contribution in [2.24, 2.45) is 0 Å². The van der Waals surface area contributed by atoms with E-state index in [2.05, 4.69) is 10.3 Å². The summed E-state index contributed by atoms with van der Waals surface area (Å²) >= 11 is 0. The maximum absolute atomic E-state index is 12.7. The standard InChI is InChI=1S/C12H16F3N3O/c1-11(3-2-4-19-7-11)18-10-6-8(12(13,14)15)5-9(16)17-10/h5-6H,2-4,7H2,1H3,(H3,16,17,18). The molecule has 0 amide bonds. The summed E-state index contributed by atoms with van der Waals surface area (Å²) in [5.74, 6) is -0.0297. The molecule has 0 spiro atoms. The Labute approximate surface area is 109 Å². The van der Waals surface area contributed by atoms with Crippen LogP contribution in [0.5, 0.6) is 0 Å². The zero-order valence-electron chi connectivity index (χ0n) is 10.5. The van der Waals surface area contributed by atoms with Gasteiger partial charge in [0.05, 0.1) is 17.7 Å². The van der Waals surface area contributed by atoms with Crippen LogP contribution in [0, 0.1) is 0 Å². The highest BCUT2D eigenvalue weighted by atomic mass is 19.4. The molecule has 1 aliphatic rings. The van der Waals surface area contributed by atoms with Gasteiger partial charge in [0.1, 0.15) is 11.6 Å². The highest BCUT2D eigenvalue weighted by Gasteiger charge is 2.33. The van der Waals surface area contributed by atoms with E-state index in [1.807, 2.05) is 6.92 Å². The molecule has 7 heteroatoms. The van der Waals surface area contributed by atoms with E-state index < -0.39 is 17.3 Å². The molecule has 1 aliphatic heterocycles. The summed E-state index contributed by atoms with van der Waals surface area (Å²) in [6.07, 6.45) is -2.76. The van der Waals surface area contributed by atoms with Crippen LogP contribution in [0.1, 0.15) is 25.3 Å². The Kier molecular flexibility index (Phi) is 3.58. The van der Waals surface area contributed by atoms with E-state index in [9.17, 15) is 13.2 Å². The number of pyridine rings is 1. The van der Waals surface area contributed by atoms with Crippen LogP contribution in [0.2, 0.25) is 0 Å². The van der Waals surface area contributed by atoms with Gasteiger partial charge in [0.2, 0.25) is 0 Å². The molecule has 106 valence electrons. The molecule has 2 heterocycles. The Hall–Kier alpha value is -1.50. The molecule has 0 radical (unpaired) electrons. The van der Waals surface area contributed by atoms with E-state index in [4.69, 9.17) is 10.5 Å². The average Bonchev–Trinajstić information content (AvgIpc) is 2.27. The number of nitrogens with zero attached hydrogens (tertiary/aromatic N) is 1. The first-order valence-electron chi connectivity index (χ1n) is 5.99. The summed E-state index contributed by atoms with van der Waals surface area (Å²) in [6.45, 7) is 3.00. The number of aromatic nitrogens is 1. The molecule has 4 nitrogen and oxygen atoms in total. The van der Waals surface area contributed by atoms with Crippen molar-refractivity contribution in [2.45, 2.75) is 31.5 Å². The average molecular weight is 275 g/mol. The van der Waals surface area contributed by atoms with E-state index in [-0.39, 0.29) is 11.6 Å². The molecule has 0 aliphatic carbocycles. The van der Waals surface area contributed by atoms with E-state index in [1.165, 1.54) is 0 Å². The monoisotopic (exact) mass is 275 g/mol. The molecule has 3 N–H and O–H groups in total. The van der Waals surface area contributed by atoms with Gasteiger partial charge in [-0.15, -0.1) is 0 Å². The van der Waals surface area contributed by atoms with E-state index >= 15 is 0 Å². The van der Waals surface area contributed by atoms with Gasteiger partial charge >= 0.3 is 6.18 Å². The van der Waals surface area contributed by atoms with Crippen LogP contribution in [0.4, 0.5) is 24.8 Å². The third-order valence-corrected chi connectivity index (χ3v) is 3.04. The van der Waals surface area contributed by atoms with E-state index in [0.29, 0.717) is 13.2 Å². The largest absolute Gasteiger partial charge is 0.416 e. The van der Waals surface area contributed by atoms with Crippen molar-refractivity contribution >= 4 is 11.6 Å². The molecule has 2 rings (SSSR count). The van der Waals surface area contributed by atoms with Crippen LogP contribution in [0.3, 0.4) is 0 Å². The Morgan fingerprint density at radius 2 is 2.16 bits per heavy atom. The van der Waals surface area contributed by atoms with Crippen LogP contribution in [0.15, 0.2) is 12.1 Å². The van der Waals surface area contributed by atoms with Gasteiger partial charge in [0.25, 0.3) is 0 Å². The van der Waals surface area contributed by atoms with Crippen molar-refractivity contribution in [1.29, 1.82) is 0 Å². The molecular weight excluding hydrogens is 259 g/mol. The second-order valence-corrected chi connectivity index (χ2v) is 5.01. The third-order valence-electron chi connectivity index (χ3n) is 3.04. The van der Waals surface area contributed by atoms with Gasteiger partial charge in [-0.2, -0.15) is 13.2 Å². The lowest BCUT2D eigenvalue weighted by Crippen LogP contribution is -2.43. The van der Waals surface area contributed by atoms with Gasteiger partial charge in [-0.05, 0) is 31.9 Å². The van der Waals surface area contributed by atoms with Crippen LogP contribution in [0.25, 0.3) is 0 Å². The van der Waals surface area contributed by atoms with Gasteiger partial charge in [0, 0.05) is 6.61 Å². The molecule has 1 atom stereocenters. The van der Waals surface area contributed by atoms with Crippen LogP contribution in [-0.2, 0) is 10.9 Å². The molecule has 1 fully saturated rings. The van der Waals surface area contributed by atoms with Crippen LogP contribution >= 0.6 is 0 Å². The fourth-order valence-corrected chi connectivity index (χ4v) is 2.12. The van der Waals surface area contributed by atoms with Crippen molar-refractivity contribution in [3.63, 3.8) is 0 Å². The zero-order valence-corrected chi connectivity index (χ0v) is 10.5. The van der Waals surface area contributed by atoms with Gasteiger partial charge in [0.15, 0.2) is 0 Å². The maximum Gasteiger partial charge on any atom is 0.416 e.